The largest absolute Gasteiger partial charge is 0.362 e. The summed E-state index contributed by atoms with van der Waals surface area (Å²) < 4.78 is 1.79. The van der Waals surface area contributed by atoms with Crippen molar-refractivity contribution in [3.8, 4) is 0 Å². The molecule has 0 aliphatic rings. The van der Waals surface area contributed by atoms with E-state index in [0.717, 1.165) is 23.7 Å². The fourth-order valence-corrected chi connectivity index (χ4v) is 2.18. The topological polar surface area (TPSA) is 55.1 Å². The molecule has 1 atom stereocenters. The van der Waals surface area contributed by atoms with Crippen molar-refractivity contribution in [1.29, 1.82) is 0 Å². The van der Waals surface area contributed by atoms with Crippen LogP contribution < -0.4 is 5.32 Å². The molecule has 0 fully saturated rings. The van der Waals surface area contributed by atoms with Gasteiger partial charge in [0.1, 0.15) is 5.82 Å². The van der Waals surface area contributed by atoms with E-state index in [1.54, 1.807) is 4.52 Å². The molecule has 0 aliphatic carbocycles. The predicted molar refractivity (Wildman–Crippen MR) is 78.6 cm³/mol. The highest BCUT2D eigenvalue weighted by atomic mass is 15.4. The molecule has 20 heavy (non-hydrogen) atoms. The van der Waals surface area contributed by atoms with Gasteiger partial charge in [-0.1, -0.05) is 37.3 Å². The van der Waals surface area contributed by atoms with Crippen LogP contribution in [0.4, 0.5) is 5.82 Å². The first-order valence-corrected chi connectivity index (χ1v) is 6.80. The van der Waals surface area contributed by atoms with Crippen molar-refractivity contribution in [1.82, 2.24) is 19.8 Å². The second kappa shape index (κ2) is 5.28. The number of hydrogen-bond donors (Lipinski definition) is 1. The number of aryl methyl sites for hydroxylation is 1. The molecule has 0 aliphatic heterocycles. The smallest absolute Gasteiger partial charge is 0.178 e. The maximum absolute atomic E-state index is 4.55. The molecule has 2 aromatic heterocycles. The quantitative estimate of drug-likeness (QED) is 0.789. The summed E-state index contributed by atoms with van der Waals surface area (Å²) >= 11 is 0. The highest BCUT2D eigenvalue weighted by molar-refractivity contribution is 5.45. The molecular formula is C15H17N5. The zero-order valence-corrected chi connectivity index (χ0v) is 11.6. The van der Waals surface area contributed by atoms with Crippen LogP contribution in [0.25, 0.3) is 5.65 Å². The second-order valence-corrected chi connectivity index (χ2v) is 4.74. The number of rotatable bonds is 4. The summed E-state index contributed by atoms with van der Waals surface area (Å²) in [4.78, 5) is 0. The molecule has 5 nitrogen and oxygen atoms in total. The molecule has 0 unspecified atom stereocenters. The van der Waals surface area contributed by atoms with Crippen molar-refractivity contribution in [2.24, 2.45) is 0 Å². The molecular weight excluding hydrogens is 250 g/mol. The van der Waals surface area contributed by atoms with Gasteiger partial charge in [-0.15, -0.1) is 15.3 Å². The Morgan fingerprint density at radius 3 is 2.65 bits per heavy atom. The Hall–Kier alpha value is -2.43. The highest BCUT2D eigenvalue weighted by Gasteiger charge is 2.08. The zero-order valence-electron chi connectivity index (χ0n) is 11.6. The minimum atomic E-state index is 0.197. The van der Waals surface area contributed by atoms with Gasteiger partial charge in [-0.05, 0) is 24.6 Å². The molecule has 0 saturated carbocycles. The average Bonchev–Trinajstić information content (AvgIpc) is 2.90. The second-order valence-electron chi connectivity index (χ2n) is 4.74. The molecule has 3 aromatic rings. The molecule has 0 spiro atoms. The lowest BCUT2D eigenvalue weighted by Gasteiger charge is -2.14. The Morgan fingerprint density at radius 1 is 1.10 bits per heavy atom. The molecule has 3 rings (SSSR count). The maximum atomic E-state index is 4.55. The fourth-order valence-electron chi connectivity index (χ4n) is 2.18. The summed E-state index contributed by atoms with van der Waals surface area (Å²) in [5.74, 6) is 1.69. The monoisotopic (exact) mass is 267 g/mol. The zero-order chi connectivity index (χ0) is 13.9. The van der Waals surface area contributed by atoms with Gasteiger partial charge in [-0.3, -0.25) is 0 Å². The van der Waals surface area contributed by atoms with E-state index in [-0.39, 0.29) is 6.04 Å². The number of fused-ring (bicyclic) bond motifs is 1. The van der Waals surface area contributed by atoms with E-state index in [0.29, 0.717) is 0 Å². The van der Waals surface area contributed by atoms with Crippen molar-refractivity contribution in [2.75, 3.05) is 5.32 Å². The normalized spacial score (nSPS) is 12.5. The average molecular weight is 267 g/mol. The molecule has 102 valence electrons. The van der Waals surface area contributed by atoms with Crippen LogP contribution in [0.2, 0.25) is 0 Å². The van der Waals surface area contributed by atoms with E-state index in [2.05, 4.69) is 39.7 Å². The molecule has 5 heteroatoms. The van der Waals surface area contributed by atoms with Gasteiger partial charge in [-0.2, -0.15) is 4.52 Å². The van der Waals surface area contributed by atoms with E-state index in [4.69, 9.17) is 0 Å². The minimum absolute atomic E-state index is 0.197. The van der Waals surface area contributed by atoms with Gasteiger partial charge >= 0.3 is 0 Å². The van der Waals surface area contributed by atoms with Crippen molar-refractivity contribution < 1.29 is 0 Å². The third kappa shape index (κ3) is 2.34. The van der Waals surface area contributed by atoms with E-state index < -0.39 is 0 Å². The molecule has 0 bridgehead atoms. The lowest BCUT2D eigenvalue weighted by Crippen LogP contribution is -2.10. The van der Waals surface area contributed by atoms with Crippen molar-refractivity contribution in [2.45, 2.75) is 26.3 Å². The van der Waals surface area contributed by atoms with Crippen molar-refractivity contribution in [3.05, 3.63) is 53.9 Å². The number of nitrogens with zero attached hydrogens (tertiary/aromatic N) is 4. The lowest BCUT2D eigenvalue weighted by molar-refractivity contribution is 0.804. The van der Waals surface area contributed by atoms with Gasteiger partial charge in [0.15, 0.2) is 11.5 Å². The Balaban J connectivity index is 1.87. The van der Waals surface area contributed by atoms with Gasteiger partial charge in [0.25, 0.3) is 0 Å². The summed E-state index contributed by atoms with van der Waals surface area (Å²) in [5, 5.41) is 16.2. The summed E-state index contributed by atoms with van der Waals surface area (Å²) in [6.07, 6.45) is 0.811. The van der Waals surface area contributed by atoms with Gasteiger partial charge < -0.3 is 5.32 Å². The van der Waals surface area contributed by atoms with Crippen LogP contribution >= 0.6 is 0 Å². The van der Waals surface area contributed by atoms with Crippen LogP contribution in [-0.2, 0) is 6.42 Å². The number of benzene rings is 1. The van der Waals surface area contributed by atoms with Crippen LogP contribution in [0.15, 0.2) is 42.5 Å². The van der Waals surface area contributed by atoms with Gasteiger partial charge in [-0.25, -0.2) is 0 Å². The van der Waals surface area contributed by atoms with Crippen molar-refractivity contribution in [3.63, 3.8) is 0 Å². The van der Waals surface area contributed by atoms with Gasteiger partial charge in [0.2, 0.25) is 0 Å². The first-order valence-electron chi connectivity index (χ1n) is 6.80. The standard InChI is InChI=1S/C15H17N5/c1-3-14-17-18-15-10-9-13(19-20(14)15)16-11(2)12-7-5-4-6-8-12/h4-11H,3H2,1-2H3,(H,16,19)/t11-/m0/s1. The number of hydrogen-bond acceptors (Lipinski definition) is 4. The van der Waals surface area contributed by atoms with Crippen LogP contribution in [0, 0.1) is 0 Å². The summed E-state index contributed by atoms with van der Waals surface area (Å²) in [6.45, 7) is 4.17. The highest BCUT2D eigenvalue weighted by Crippen LogP contribution is 2.17. The molecule has 0 amide bonds. The molecule has 2 heterocycles. The third-order valence-corrected chi connectivity index (χ3v) is 3.31. The molecule has 1 N–H and O–H groups in total. The fraction of sp³-hybridized carbons (Fsp3) is 0.267. The molecule has 0 radical (unpaired) electrons. The summed E-state index contributed by atoms with van der Waals surface area (Å²) in [7, 11) is 0. The SMILES string of the molecule is CCc1nnc2ccc(N[C@@H](C)c3ccccc3)nn12. The molecule has 1 aromatic carbocycles. The van der Waals surface area contributed by atoms with E-state index in [1.807, 2.05) is 37.3 Å². The van der Waals surface area contributed by atoms with E-state index in [9.17, 15) is 0 Å². The third-order valence-electron chi connectivity index (χ3n) is 3.31. The number of aromatic nitrogens is 4. The minimum Gasteiger partial charge on any atom is -0.362 e. The Labute approximate surface area is 117 Å². The molecule has 0 saturated heterocycles. The van der Waals surface area contributed by atoms with Gasteiger partial charge in [0.05, 0.1) is 0 Å². The van der Waals surface area contributed by atoms with Gasteiger partial charge in [0, 0.05) is 12.5 Å². The summed E-state index contributed by atoms with van der Waals surface area (Å²) in [6, 6.07) is 14.4. The maximum Gasteiger partial charge on any atom is 0.178 e. The van der Waals surface area contributed by atoms with Crippen LogP contribution in [0.5, 0.6) is 0 Å². The first kappa shape index (κ1) is 12.6. The predicted octanol–water partition coefficient (Wildman–Crippen LogP) is 2.86. The van der Waals surface area contributed by atoms with Crippen LogP contribution in [0.3, 0.4) is 0 Å². The van der Waals surface area contributed by atoms with E-state index >= 15 is 0 Å². The number of nitrogens with one attached hydrogen (secondary N) is 1. The van der Waals surface area contributed by atoms with E-state index in [1.165, 1.54) is 5.56 Å². The number of anilines is 1. The summed E-state index contributed by atoms with van der Waals surface area (Å²) in [5.41, 5.74) is 2.01. The van der Waals surface area contributed by atoms with Crippen molar-refractivity contribution >= 4 is 11.5 Å². The van der Waals surface area contributed by atoms with Crippen LogP contribution in [-0.4, -0.2) is 19.8 Å². The van der Waals surface area contributed by atoms with Crippen LogP contribution in [0.1, 0.15) is 31.3 Å². The first-order chi connectivity index (χ1) is 9.78. The Morgan fingerprint density at radius 2 is 1.90 bits per heavy atom. The Bertz CT molecular complexity index is 705. The Kier molecular flexibility index (Phi) is 3.33. The lowest BCUT2D eigenvalue weighted by atomic mass is 10.1.